The fourth-order valence-corrected chi connectivity index (χ4v) is 5.49. The molecule has 0 spiro atoms. The summed E-state index contributed by atoms with van der Waals surface area (Å²) in [6.45, 7) is 4.29. The van der Waals surface area contributed by atoms with Crippen LogP contribution >= 0.6 is 0 Å². The van der Waals surface area contributed by atoms with E-state index in [1.807, 2.05) is 18.2 Å². The van der Waals surface area contributed by atoms with Crippen molar-refractivity contribution in [3.05, 3.63) is 101 Å². The smallest absolute Gasteiger partial charge is 0.326 e. The van der Waals surface area contributed by atoms with Gasteiger partial charge in [0.1, 0.15) is 0 Å². The predicted octanol–water partition coefficient (Wildman–Crippen LogP) is 7.75. The largest absolute Gasteiger partial charge is 0.382 e. The normalized spacial score (nSPS) is 14.0. The highest BCUT2D eigenvalue weighted by Gasteiger charge is 2.24. The molecule has 1 fully saturated rings. The number of fused-ring (bicyclic) bond motifs is 1. The summed E-state index contributed by atoms with van der Waals surface area (Å²) in [5.41, 5.74) is 5.63. The van der Waals surface area contributed by atoms with Crippen LogP contribution in [0.2, 0.25) is 0 Å². The first kappa shape index (κ1) is 25.0. The van der Waals surface area contributed by atoms with Crippen molar-refractivity contribution in [1.29, 1.82) is 0 Å². The Balaban J connectivity index is 1.56. The Bertz CT molecular complexity index is 1410. The Hall–Kier alpha value is -3.67. The number of hydrogen-bond acceptors (Lipinski definition) is 2. The van der Waals surface area contributed by atoms with Gasteiger partial charge in [0.25, 0.3) is 0 Å². The molecule has 1 saturated carbocycles. The van der Waals surface area contributed by atoms with Gasteiger partial charge in [-0.15, -0.1) is 0 Å². The second-order valence-corrected chi connectivity index (χ2v) is 10.3. The van der Waals surface area contributed by atoms with Gasteiger partial charge in [0.15, 0.2) is 11.6 Å². The van der Waals surface area contributed by atoms with Crippen molar-refractivity contribution in [2.45, 2.75) is 64.5 Å². The Morgan fingerprint density at radius 1 is 0.946 bits per heavy atom. The lowest BCUT2D eigenvalue weighted by Gasteiger charge is -2.16. The molecule has 0 bridgehead atoms. The average Bonchev–Trinajstić information content (AvgIpc) is 3.51. The lowest BCUT2D eigenvalue weighted by atomic mass is 9.97. The van der Waals surface area contributed by atoms with Crippen LogP contribution in [0.15, 0.2) is 66.7 Å². The molecule has 0 radical (unpaired) electrons. The number of carbonyl (C=O) groups excluding carboxylic acids is 1. The molecule has 0 aliphatic heterocycles. The van der Waals surface area contributed by atoms with Gasteiger partial charge in [0, 0.05) is 29.4 Å². The van der Waals surface area contributed by atoms with E-state index in [0.29, 0.717) is 18.0 Å². The van der Waals surface area contributed by atoms with Crippen LogP contribution in [0.25, 0.3) is 10.9 Å². The topological polar surface area (TPSA) is 46.1 Å². The van der Waals surface area contributed by atoms with Gasteiger partial charge >= 0.3 is 6.03 Å². The molecule has 0 atom stereocenters. The zero-order valence-electron chi connectivity index (χ0n) is 21.4. The van der Waals surface area contributed by atoms with Gasteiger partial charge < -0.3 is 10.6 Å². The summed E-state index contributed by atoms with van der Waals surface area (Å²) < 4.78 is 28.9. The molecule has 1 aromatic heterocycles. The zero-order chi connectivity index (χ0) is 25.9. The maximum absolute atomic E-state index is 13.7. The number of nitrogens with zero attached hydrogens (tertiary/aromatic N) is 1. The Morgan fingerprint density at radius 3 is 2.41 bits per heavy atom. The average molecular weight is 502 g/mol. The van der Waals surface area contributed by atoms with Crippen molar-refractivity contribution in [3.63, 3.8) is 0 Å². The third kappa shape index (κ3) is 5.38. The minimum Gasteiger partial charge on any atom is -0.382 e. The Kier molecular flexibility index (Phi) is 7.26. The molecule has 1 aliphatic rings. The van der Waals surface area contributed by atoms with E-state index in [-0.39, 0.29) is 18.5 Å². The number of carbonyl (C=O) groups is 1. The number of amides is 1. The second kappa shape index (κ2) is 10.8. The summed E-state index contributed by atoms with van der Waals surface area (Å²) in [4.78, 5) is 13.7. The highest BCUT2D eigenvalue weighted by Crippen LogP contribution is 2.35. The lowest BCUT2D eigenvalue weighted by molar-refractivity contribution is 0.242. The molecular weight excluding hydrogens is 468 g/mol. The van der Waals surface area contributed by atoms with Gasteiger partial charge in [-0.2, -0.15) is 0 Å². The summed E-state index contributed by atoms with van der Waals surface area (Å²) in [6, 6.07) is 20.4. The number of benzene rings is 3. The van der Waals surface area contributed by atoms with Crippen LogP contribution < -0.4 is 10.6 Å². The Morgan fingerprint density at radius 2 is 1.70 bits per heavy atom. The number of aromatic nitrogens is 1. The third-order valence-electron chi connectivity index (χ3n) is 7.24. The van der Waals surface area contributed by atoms with Crippen LogP contribution in [0, 0.1) is 11.6 Å². The number of nitrogens with one attached hydrogen (secondary N) is 2. The molecule has 37 heavy (non-hydrogen) atoms. The summed E-state index contributed by atoms with van der Waals surface area (Å²) in [6.07, 6.45) is 5.50. The molecule has 1 aliphatic carbocycles. The fraction of sp³-hybridized carbons (Fsp3) is 0.323. The van der Waals surface area contributed by atoms with E-state index in [1.165, 1.54) is 24.5 Å². The molecule has 192 valence electrons. The lowest BCUT2D eigenvalue weighted by Crippen LogP contribution is -2.29. The van der Waals surface area contributed by atoms with E-state index < -0.39 is 11.6 Å². The fourth-order valence-electron chi connectivity index (χ4n) is 5.49. The second-order valence-electron chi connectivity index (χ2n) is 10.3. The number of halogens is 2. The summed E-state index contributed by atoms with van der Waals surface area (Å²) >= 11 is 0. The van der Waals surface area contributed by atoms with Crippen LogP contribution in [0.5, 0.6) is 0 Å². The van der Waals surface area contributed by atoms with Crippen LogP contribution in [-0.4, -0.2) is 16.6 Å². The Labute approximate surface area is 216 Å². The number of rotatable bonds is 7. The van der Waals surface area contributed by atoms with Gasteiger partial charge in [-0.1, -0.05) is 69.2 Å². The van der Waals surface area contributed by atoms with E-state index in [1.54, 1.807) is 4.57 Å². The number of hydrogen-bond donors (Lipinski definition) is 2. The van der Waals surface area contributed by atoms with E-state index >= 15 is 0 Å². The molecule has 3 aromatic carbocycles. The monoisotopic (exact) mass is 501 g/mol. The zero-order valence-corrected chi connectivity index (χ0v) is 21.4. The predicted molar refractivity (Wildman–Crippen MR) is 145 cm³/mol. The van der Waals surface area contributed by atoms with E-state index in [2.05, 4.69) is 54.8 Å². The van der Waals surface area contributed by atoms with Crippen molar-refractivity contribution in [2.24, 2.45) is 0 Å². The molecule has 2 N–H and O–H groups in total. The van der Waals surface area contributed by atoms with Gasteiger partial charge in [-0.25, -0.2) is 13.6 Å². The summed E-state index contributed by atoms with van der Waals surface area (Å²) in [5.74, 6) is -1.73. The van der Waals surface area contributed by atoms with E-state index in [0.717, 1.165) is 52.8 Å². The SMILES string of the molecule is CC(C)c1c(Cc2ccccc2)c2ccc(NC3CCCC3)cc2n1C(=O)NCc1ccc(F)c(F)c1. The van der Waals surface area contributed by atoms with Crippen molar-refractivity contribution < 1.29 is 13.6 Å². The quantitative estimate of drug-likeness (QED) is 0.272. The van der Waals surface area contributed by atoms with E-state index in [9.17, 15) is 13.6 Å². The molecule has 5 rings (SSSR count). The molecule has 4 nitrogen and oxygen atoms in total. The van der Waals surface area contributed by atoms with Gasteiger partial charge in [-0.3, -0.25) is 4.57 Å². The first-order chi connectivity index (χ1) is 17.9. The van der Waals surface area contributed by atoms with Gasteiger partial charge in [0.05, 0.1) is 5.52 Å². The maximum Gasteiger partial charge on any atom is 0.326 e. The molecule has 1 heterocycles. The number of anilines is 1. The molecule has 0 unspecified atom stereocenters. The van der Waals surface area contributed by atoms with Crippen LogP contribution in [-0.2, 0) is 13.0 Å². The van der Waals surface area contributed by atoms with Gasteiger partial charge in [0.2, 0.25) is 0 Å². The van der Waals surface area contributed by atoms with Crippen molar-refractivity contribution in [3.8, 4) is 0 Å². The van der Waals surface area contributed by atoms with Crippen LogP contribution in [0.4, 0.5) is 19.3 Å². The molecule has 0 saturated heterocycles. The molecule has 6 heteroatoms. The highest BCUT2D eigenvalue weighted by molar-refractivity contribution is 5.97. The van der Waals surface area contributed by atoms with Crippen molar-refractivity contribution >= 4 is 22.6 Å². The first-order valence-corrected chi connectivity index (χ1v) is 13.1. The van der Waals surface area contributed by atoms with Crippen molar-refractivity contribution in [2.75, 3.05) is 5.32 Å². The van der Waals surface area contributed by atoms with E-state index in [4.69, 9.17) is 0 Å². The minimum absolute atomic E-state index is 0.0892. The van der Waals surface area contributed by atoms with Crippen LogP contribution in [0.1, 0.15) is 67.8 Å². The molecule has 4 aromatic rings. The maximum atomic E-state index is 13.7. The minimum atomic E-state index is -0.922. The molecular formula is C31H33F2N3O. The highest BCUT2D eigenvalue weighted by atomic mass is 19.2. The standard InChI is InChI=1S/C31H33F2N3O/c1-20(2)30-26(16-21-8-4-3-5-9-21)25-14-13-24(35-23-10-6-7-11-23)18-29(25)36(30)31(37)34-19-22-12-15-27(32)28(33)17-22/h3-5,8-9,12-15,17-18,20,23,35H,6-7,10-11,16,19H2,1-2H3,(H,34,37). The van der Waals surface area contributed by atoms with Crippen molar-refractivity contribution in [1.82, 2.24) is 9.88 Å². The van der Waals surface area contributed by atoms with Gasteiger partial charge in [-0.05, 0) is 66.1 Å². The molecule has 1 amide bonds. The summed E-state index contributed by atoms with van der Waals surface area (Å²) in [5, 5.41) is 7.64. The summed E-state index contributed by atoms with van der Waals surface area (Å²) in [7, 11) is 0. The first-order valence-electron chi connectivity index (χ1n) is 13.1. The third-order valence-corrected chi connectivity index (χ3v) is 7.24. The van der Waals surface area contributed by atoms with Crippen LogP contribution in [0.3, 0.4) is 0 Å².